The molecule has 62 heavy (non-hydrogen) atoms. The van der Waals surface area contributed by atoms with Crippen molar-refractivity contribution in [2.24, 2.45) is 0 Å². The summed E-state index contributed by atoms with van der Waals surface area (Å²) in [6.07, 6.45) is 0. The monoisotopic (exact) mass is 834 g/mol. The molecule has 2 aliphatic rings. The minimum Gasteiger partial charge on any atom is -0.309 e. The molecular weight excluding hydrogens is 800 g/mol. The van der Waals surface area contributed by atoms with Gasteiger partial charge in [-0.3, -0.25) is 0 Å². The molecule has 294 valence electrons. The Kier molecular flexibility index (Phi) is 7.25. The summed E-state index contributed by atoms with van der Waals surface area (Å²) in [5, 5.41) is 6.05. The first-order valence-corrected chi connectivity index (χ1v) is 24.0. The molecule has 0 aliphatic carbocycles. The summed E-state index contributed by atoms with van der Waals surface area (Å²) in [6.45, 7) is 0. The van der Waals surface area contributed by atoms with Gasteiger partial charge >= 0.3 is 0 Å². The highest BCUT2D eigenvalue weighted by Gasteiger charge is 2.56. The Morgan fingerprint density at radius 3 is 1.52 bits per heavy atom. The first-order valence-electron chi connectivity index (χ1n) is 20.8. The van der Waals surface area contributed by atoms with Gasteiger partial charge < -0.3 is 13.7 Å². The number of para-hydroxylation sites is 3. The van der Waals surface area contributed by atoms with Crippen molar-refractivity contribution in [3.63, 3.8) is 0 Å². The van der Waals surface area contributed by atoms with Crippen molar-refractivity contribution in [2.75, 3.05) is 0 Å². The van der Waals surface area contributed by atoms with Gasteiger partial charge in [0.25, 0.3) is 0 Å². The second-order valence-corrected chi connectivity index (χ2v) is 20.9. The molecule has 0 N–H and O–H groups in total. The summed E-state index contributed by atoms with van der Waals surface area (Å²) >= 11 is 0. The summed E-state index contributed by atoms with van der Waals surface area (Å²) in [6, 6.07) is 70.9. The van der Waals surface area contributed by atoms with Crippen LogP contribution in [-0.4, -0.2) is 17.6 Å². The molecule has 11 aromatic rings. The Morgan fingerprint density at radius 1 is 0.403 bits per heavy atom. The van der Waals surface area contributed by atoms with Crippen molar-refractivity contribution in [1.82, 2.24) is 9.13 Å². The van der Waals surface area contributed by atoms with Crippen LogP contribution in [0.5, 0.6) is 0 Å². The molecule has 0 saturated carbocycles. The first kappa shape index (κ1) is 35.5. The number of sulfone groups is 1. The van der Waals surface area contributed by atoms with Crippen molar-refractivity contribution in [3.8, 4) is 11.4 Å². The van der Waals surface area contributed by atoms with Crippen LogP contribution in [0, 0.1) is 0 Å². The predicted molar refractivity (Wildman–Crippen MR) is 252 cm³/mol. The fourth-order valence-electron chi connectivity index (χ4n) is 11.0. The molecule has 0 bridgehead atoms. The van der Waals surface area contributed by atoms with E-state index in [0.29, 0.717) is 27.1 Å². The lowest BCUT2D eigenvalue weighted by molar-refractivity contribution is 0.579. The van der Waals surface area contributed by atoms with E-state index in [1.807, 2.05) is 109 Å². The van der Waals surface area contributed by atoms with Gasteiger partial charge in [-0.1, -0.05) is 164 Å². The van der Waals surface area contributed by atoms with Gasteiger partial charge in [-0.25, -0.2) is 8.42 Å². The van der Waals surface area contributed by atoms with Crippen molar-refractivity contribution >= 4 is 76.5 Å². The molecule has 9 aromatic carbocycles. The van der Waals surface area contributed by atoms with E-state index in [4.69, 9.17) is 0 Å². The normalized spacial score (nSPS) is 18.5. The quantitative estimate of drug-likeness (QED) is 0.167. The van der Waals surface area contributed by atoms with Gasteiger partial charge in [0.1, 0.15) is 0 Å². The number of fused-ring (bicyclic) bond motifs is 15. The average molecular weight is 835 g/mol. The summed E-state index contributed by atoms with van der Waals surface area (Å²) in [4.78, 5) is 0.537. The maximum Gasteiger partial charge on any atom is 0.207 e. The lowest BCUT2D eigenvalue weighted by atomic mass is 9.64. The van der Waals surface area contributed by atoms with E-state index in [0.717, 1.165) is 55.3 Å². The zero-order chi connectivity index (χ0) is 41.4. The van der Waals surface area contributed by atoms with Crippen LogP contribution in [0.25, 0.3) is 55.0 Å². The zero-order valence-electron chi connectivity index (χ0n) is 33.2. The van der Waals surface area contributed by atoms with Gasteiger partial charge in [0.05, 0.1) is 37.3 Å². The van der Waals surface area contributed by atoms with Crippen LogP contribution in [0.15, 0.2) is 222 Å². The van der Waals surface area contributed by atoms with Gasteiger partial charge in [0, 0.05) is 48.8 Å². The van der Waals surface area contributed by atoms with Crippen LogP contribution >= 0.6 is 7.14 Å². The third kappa shape index (κ3) is 4.37. The fraction of sp³-hybridized carbons (Fsp3) is 0.0182. The van der Waals surface area contributed by atoms with Gasteiger partial charge in [0.2, 0.25) is 9.84 Å². The van der Waals surface area contributed by atoms with Gasteiger partial charge in [-0.15, -0.1) is 0 Å². The SMILES string of the molecule is O=P1(c2ccccc2)c2ccccc2C2(c3ccccc31)c1ccccc1S(=O)(=O)c1c2ccc2c1c1ccccc1n2-c1cccc(-n2c3ccccc3c3ccccc32)c1. The van der Waals surface area contributed by atoms with Crippen LogP contribution in [0.1, 0.15) is 22.3 Å². The summed E-state index contributed by atoms with van der Waals surface area (Å²) in [7, 11) is -7.56. The molecule has 7 heteroatoms. The van der Waals surface area contributed by atoms with E-state index in [1.165, 1.54) is 10.8 Å². The topological polar surface area (TPSA) is 61.1 Å². The van der Waals surface area contributed by atoms with Gasteiger partial charge in [-0.2, -0.15) is 0 Å². The molecule has 2 aliphatic heterocycles. The van der Waals surface area contributed by atoms with Gasteiger partial charge in [0.15, 0.2) is 7.14 Å². The Morgan fingerprint density at radius 2 is 0.887 bits per heavy atom. The highest BCUT2D eigenvalue weighted by atomic mass is 32.2. The highest BCUT2D eigenvalue weighted by Crippen LogP contribution is 2.61. The molecule has 4 heterocycles. The number of aromatic nitrogens is 2. The maximum atomic E-state index is 16.1. The van der Waals surface area contributed by atoms with Crippen molar-refractivity contribution < 1.29 is 13.0 Å². The Hall–Kier alpha value is -7.24. The molecule has 0 amide bonds. The van der Waals surface area contributed by atoms with Gasteiger partial charge in [-0.05, 0) is 70.8 Å². The number of hydrogen-bond acceptors (Lipinski definition) is 3. The van der Waals surface area contributed by atoms with Crippen LogP contribution in [0.2, 0.25) is 0 Å². The molecule has 0 unspecified atom stereocenters. The molecule has 0 atom stereocenters. The van der Waals surface area contributed by atoms with E-state index in [2.05, 4.69) is 106 Å². The number of hydrogen-bond donors (Lipinski definition) is 0. The highest BCUT2D eigenvalue weighted by molar-refractivity contribution is 7.92. The van der Waals surface area contributed by atoms with Crippen molar-refractivity contribution in [1.29, 1.82) is 0 Å². The first-order chi connectivity index (χ1) is 30.4. The number of nitrogens with zero attached hydrogens (tertiary/aromatic N) is 2. The summed E-state index contributed by atoms with van der Waals surface area (Å²) in [5.74, 6) is 0. The van der Waals surface area contributed by atoms with Crippen LogP contribution in [0.4, 0.5) is 0 Å². The third-order valence-corrected chi connectivity index (χ3v) is 18.4. The molecule has 1 spiro atoms. The van der Waals surface area contributed by atoms with Crippen LogP contribution in [0.3, 0.4) is 0 Å². The van der Waals surface area contributed by atoms with E-state index < -0.39 is 22.4 Å². The average Bonchev–Trinajstić information content (AvgIpc) is 3.85. The van der Waals surface area contributed by atoms with E-state index in [9.17, 15) is 0 Å². The summed E-state index contributed by atoms with van der Waals surface area (Å²) in [5.41, 5.74) is 7.70. The van der Waals surface area contributed by atoms with E-state index in [1.54, 1.807) is 6.07 Å². The number of rotatable bonds is 3. The van der Waals surface area contributed by atoms with Crippen molar-refractivity contribution in [2.45, 2.75) is 15.2 Å². The molecule has 0 radical (unpaired) electrons. The van der Waals surface area contributed by atoms with E-state index in [-0.39, 0.29) is 9.79 Å². The second-order valence-electron chi connectivity index (χ2n) is 16.3. The molecule has 2 aromatic heterocycles. The van der Waals surface area contributed by atoms with Crippen LogP contribution in [-0.2, 0) is 19.8 Å². The molecule has 0 saturated heterocycles. The minimum atomic E-state index is -4.13. The predicted octanol–water partition coefficient (Wildman–Crippen LogP) is 11.4. The smallest absolute Gasteiger partial charge is 0.207 e. The Bertz CT molecular complexity index is 3780. The summed E-state index contributed by atoms with van der Waals surface area (Å²) < 4.78 is 52.0. The lowest BCUT2D eigenvalue weighted by Gasteiger charge is -2.47. The number of benzene rings is 9. The molecule has 13 rings (SSSR count). The molecule has 0 fully saturated rings. The third-order valence-electron chi connectivity index (χ3n) is 13.4. The molecular formula is C55H35N2O3PS. The van der Waals surface area contributed by atoms with E-state index >= 15 is 13.0 Å². The Balaban J connectivity index is 1.15. The molecule has 5 nitrogen and oxygen atoms in total. The Labute approximate surface area is 358 Å². The lowest BCUT2D eigenvalue weighted by Crippen LogP contribution is -2.49. The van der Waals surface area contributed by atoms with Crippen LogP contribution < -0.4 is 15.9 Å². The van der Waals surface area contributed by atoms with Crippen molar-refractivity contribution in [3.05, 3.63) is 235 Å². The maximum absolute atomic E-state index is 16.1. The fourth-order valence-corrected chi connectivity index (χ4v) is 16.2. The second kappa shape index (κ2) is 12.7. The largest absolute Gasteiger partial charge is 0.309 e. The minimum absolute atomic E-state index is 0.256. The standard InChI is InChI=1S/C55H35N2O3PS/c58-61(38-19-2-1-3-20-38)50-30-13-7-24-42(50)55(43-25-8-14-31-51(43)61)44-26-9-15-32-52(44)62(59,60)54-45(55)33-34-49-53(54)41-23-6-12-29-48(41)57(49)37-18-16-17-36(35-37)56-46-27-10-4-21-39(46)40-22-5-11-28-47(40)56/h1-35H. The zero-order valence-corrected chi connectivity index (χ0v) is 34.9.